The highest BCUT2D eigenvalue weighted by Crippen LogP contribution is 2.52. The summed E-state index contributed by atoms with van der Waals surface area (Å²) in [6, 6.07) is 24.9. The number of hydrogen-bond acceptors (Lipinski definition) is 5. The third-order valence-electron chi connectivity index (χ3n) is 6.10. The van der Waals surface area contributed by atoms with Gasteiger partial charge in [0.15, 0.2) is 0 Å². The van der Waals surface area contributed by atoms with E-state index in [0.29, 0.717) is 5.75 Å². The Labute approximate surface area is 205 Å². The Bertz CT molecular complexity index is 1300. The molecule has 1 aliphatic heterocycles. The van der Waals surface area contributed by atoms with E-state index < -0.39 is 7.82 Å². The van der Waals surface area contributed by atoms with E-state index in [0.717, 1.165) is 47.1 Å². The number of phosphoric acid groups is 1. The van der Waals surface area contributed by atoms with Crippen molar-refractivity contribution in [2.24, 2.45) is 0 Å². The lowest BCUT2D eigenvalue weighted by molar-refractivity contribution is 0.143. The van der Waals surface area contributed by atoms with Crippen molar-refractivity contribution in [1.29, 1.82) is 0 Å². The van der Waals surface area contributed by atoms with E-state index in [1.807, 2.05) is 85.1 Å². The van der Waals surface area contributed by atoms with Gasteiger partial charge in [-0.2, -0.15) is 0 Å². The summed E-state index contributed by atoms with van der Waals surface area (Å²) in [5.41, 5.74) is 4.99. The number of nitrogens with one attached hydrogen (secondary N) is 1. The van der Waals surface area contributed by atoms with Gasteiger partial charge in [0, 0.05) is 35.8 Å². The van der Waals surface area contributed by atoms with Gasteiger partial charge in [-0.3, -0.25) is 9.05 Å². The Kier molecular flexibility index (Phi) is 7.16. The summed E-state index contributed by atoms with van der Waals surface area (Å²) in [7, 11) is -1.85. The van der Waals surface area contributed by atoms with Gasteiger partial charge in [-0.05, 0) is 42.3 Å². The zero-order chi connectivity index (χ0) is 24.1. The Morgan fingerprint density at radius 3 is 2.14 bits per heavy atom. The van der Waals surface area contributed by atoms with Gasteiger partial charge in [0.1, 0.15) is 5.75 Å². The fourth-order valence-corrected chi connectivity index (χ4v) is 5.35. The fourth-order valence-electron chi connectivity index (χ4n) is 4.16. The fraction of sp³-hybridized carbons (Fsp3) is 0.214. The molecule has 0 fully saturated rings. The molecule has 0 bridgehead atoms. The summed E-state index contributed by atoms with van der Waals surface area (Å²) in [6.07, 6.45) is 5.17. The lowest BCUT2D eigenvalue weighted by atomic mass is 9.99. The van der Waals surface area contributed by atoms with Crippen molar-refractivity contribution in [2.45, 2.75) is 19.6 Å². The zero-order valence-corrected chi connectivity index (χ0v) is 20.6. The number of aromatic nitrogens is 1. The van der Waals surface area contributed by atoms with Crippen molar-refractivity contribution in [3.63, 3.8) is 0 Å². The molecule has 0 saturated carbocycles. The molecule has 5 rings (SSSR count). The van der Waals surface area contributed by atoms with Crippen LogP contribution in [0.2, 0.25) is 0 Å². The van der Waals surface area contributed by atoms with Crippen LogP contribution in [0.5, 0.6) is 5.75 Å². The van der Waals surface area contributed by atoms with Crippen LogP contribution in [-0.4, -0.2) is 30.0 Å². The summed E-state index contributed by atoms with van der Waals surface area (Å²) < 4.78 is 31.7. The monoisotopic (exact) mass is 488 g/mol. The summed E-state index contributed by atoms with van der Waals surface area (Å²) in [6.45, 7) is 2.10. The lowest BCUT2D eigenvalue weighted by Crippen LogP contribution is -2.23. The van der Waals surface area contributed by atoms with Crippen LogP contribution in [0, 0.1) is 0 Å². The van der Waals surface area contributed by atoms with E-state index in [4.69, 9.17) is 13.6 Å². The average molecular weight is 489 g/mol. The number of phosphoric ester groups is 1. The number of fused-ring (bicyclic) bond motifs is 1. The van der Waals surface area contributed by atoms with Gasteiger partial charge >= 0.3 is 7.82 Å². The zero-order valence-electron chi connectivity index (χ0n) is 19.7. The minimum Gasteiger partial charge on any atom is -0.403 e. The molecular weight excluding hydrogens is 459 g/mol. The van der Waals surface area contributed by atoms with Gasteiger partial charge in [0.25, 0.3) is 0 Å². The topological polar surface area (TPSA) is 63.8 Å². The third-order valence-corrected chi connectivity index (χ3v) is 7.41. The molecule has 35 heavy (non-hydrogen) atoms. The molecule has 0 saturated heterocycles. The van der Waals surface area contributed by atoms with Gasteiger partial charge in [0.2, 0.25) is 0 Å². The largest absolute Gasteiger partial charge is 0.530 e. The van der Waals surface area contributed by atoms with Crippen LogP contribution in [0.1, 0.15) is 23.1 Å². The van der Waals surface area contributed by atoms with Crippen molar-refractivity contribution in [2.75, 3.05) is 20.1 Å². The number of likely N-dealkylation sites (N-methyl/N-ethyl adjacent to an activating group) is 1. The first-order valence-corrected chi connectivity index (χ1v) is 13.2. The first-order chi connectivity index (χ1) is 17.1. The Hall–Kier alpha value is -3.15. The van der Waals surface area contributed by atoms with Crippen molar-refractivity contribution in [3.05, 3.63) is 108 Å². The molecule has 4 aromatic rings. The first-order valence-electron chi connectivity index (χ1n) is 11.7. The highest BCUT2D eigenvalue weighted by molar-refractivity contribution is 7.48. The van der Waals surface area contributed by atoms with E-state index in [9.17, 15) is 4.57 Å². The molecule has 0 atom stereocenters. The molecule has 0 amide bonds. The lowest BCUT2D eigenvalue weighted by Gasteiger charge is -2.22. The van der Waals surface area contributed by atoms with Crippen LogP contribution in [0.25, 0.3) is 16.5 Å². The maximum absolute atomic E-state index is 13.9. The second-order valence-electron chi connectivity index (χ2n) is 8.68. The molecule has 1 aliphatic rings. The minimum atomic E-state index is -3.96. The smallest absolute Gasteiger partial charge is 0.403 e. The number of rotatable bonds is 9. The highest BCUT2D eigenvalue weighted by Gasteiger charge is 2.31. The van der Waals surface area contributed by atoms with Crippen LogP contribution in [-0.2, 0) is 26.8 Å². The van der Waals surface area contributed by atoms with Crippen LogP contribution in [0.4, 0.5) is 0 Å². The number of hydrogen-bond donors (Lipinski definition) is 1. The molecule has 6 nitrogen and oxygen atoms in total. The second-order valence-corrected chi connectivity index (χ2v) is 10.3. The number of H-pyrrole nitrogens is 1. The highest BCUT2D eigenvalue weighted by atomic mass is 31.2. The van der Waals surface area contributed by atoms with Gasteiger partial charge in [-0.25, -0.2) is 4.57 Å². The van der Waals surface area contributed by atoms with Crippen molar-refractivity contribution >= 4 is 24.3 Å². The standard InChI is InChI=1S/C28H29N2O4P/c1-30-17-15-24(16-18-30)25-19-29-26-13-8-14-27(28(25)26)34-35(31,32-20-22-9-4-2-5-10-22)33-21-23-11-6-3-7-12-23/h2-15,19,29H,16-18,20-21H2,1H3. The van der Waals surface area contributed by atoms with Crippen molar-refractivity contribution in [1.82, 2.24) is 9.88 Å². The van der Waals surface area contributed by atoms with E-state index in [2.05, 4.69) is 23.0 Å². The molecule has 1 N–H and O–H groups in total. The van der Waals surface area contributed by atoms with Crippen molar-refractivity contribution < 1.29 is 18.1 Å². The summed E-state index contributed by atoms with van der Waals surface area (Å²) in [5, 5.41) is 0.884. The van der Waals surface area contributed by atoms with Crippen LogP contribution in [0.3, 0.4) is 0 Å². The van der Waals surface area contributed by atoms with E-state index >= 15 is 0 Å². The van der Waals surface area contributed by atoms with E-state index in [1.165, 1.54) is 5.57 Å². The predicted molar refractivity (Wildman–Crippen MR) is 139 cm³/mol. The minimum absolute atomic E-state index is 0.111. The molecule has 0 unspecified atom stereocenters. The van der Waals surface area contributed by atoms with Crippen LogP contribution >= 0.6 is 7.82 Å². The van der Waals surface area contributed by atoms with Gasteiger partial charge in [-0.1, -0.05) is 72.8 Å². The average Bonchev–Trinajstić information content (AvgIpc) is 3.34. The number of nitrogens with zero attached hydrogens (tertiary/aromatic N) is 1. The number of benzene rings is 3. The molecule has 3 aromatic carbocycles. The molecule has 0 radical (unpaired) electrons. The molecular formula is C28H29N2O4P. The molecule has 0 aliphatic carbocycles. The normalized spacial score (nSPS) is 14.7. The second kappa shape index (κ2) is 10.6. The van der Waals surface area contributed by atoms with Gasteiger partial charge in [-0.15, -0.1) is 0 Å². The quantitative estimate of drug-likeness (QED) is 0.262. The van der Waals surface area contributed by atoms with Crippen LogP contribution in [0.15, 0.2) is 91.1 Å². The molecule has 1 aromatic heterocycles. The summed E-state index contributed by atoms with van der Waals surface area (Å²) in [4.78, 5) is 5.61. The van der Waals surface area contributed by atoms with Crippen molar-refractivity contribution in [3.8, 4) is 5.75 Å². The van der Waals surface area contributed by atoms with E-state index in [1.54, 1.807) is 0 Å². The first kappa shape index (κ1) is 23.6. The molecule has 0 spiro atoms. The van der Waals surface area contributed by atoms with Gasteiger partial charge < -0.3 is 14.4 Å². The Morgan fingerprint density at radius 1 is 0.886 bits per heavy atom. The Balaban J connectivity index is 1.45. The molecule has 2 heterocycles. The summed E-state index contributed by atoms with van der Waals surface area (Å²) >= 11 is 0. The Morgan fingerprint density at radius 2 is 1.54 bits per heavy atom. The summed E-state index contributed by atoms with van der Waals surface area (Å²) in [5.74, 6) is 0.475. The maximum atomic E-state index is 13.9. The number of aromatic amines is 1. The van der Waals surface area contributed by atoms with Gasteiger partial charge in [0.05, 0.1) is 13.2 Å². The molecule has 180 valence electrons. The van der Waals surface area contributed by atoms with Crippen LogP contribution < -0.4 is 4.52 Å². The third kappa shape index (κ3) is 5.75. The maximum Gasteiger partial charge on any atom is 0.530 e. The SMILES string of the molecule is CN1CC=C(c2c[nH]c3cccc(OP(=O)(OCc4ccccc4)OCc4ccccc4)c23)CC1. The van der Waals surface area contributed by atoms with E-state index in [-0.39, 0.29) is 13.2 Å². The molecule has 7 heteroatoms. The predicted octanol–water partition coefficient (Wildman–Crippen LogP) is 6.81.